The second-order valence-corrected chi connectivity index (χ2v) is 9.05. The predicted octanol–water partition coefficient (Wildman–Crippen LogP) is 6.12. The lowest BCUT2D eigenvalue weighted by molar-refractivity contribution is -0.118. The summed E-state index contributed by atoms with van der Waals surface area (Å²) < 4.78 is 10.6. The van der Waals surface area contributed by atoms with Crippen LogP contribution in [0.1, 0.15) is 38.1 Å². The van der Waals surface area contributed by atoms with E-state index in [1.807, 2.05) is 6.92 Å². The van der Waals surface area contributed by atoms with Crippen molar-refractivity contribution in [1.82, 2.24) is 0 Å². The Labute approximate surface area is 211 Å². The van der Waals surface area contributed by atoms with Gasteiger partial charge in [-0.05, 0) is 68.3 Å². The van der Waals surface area contributed by atoms with Crippen LogP contribution in [0.4, 0.5) is 10.7 Å². The Hall–Kier alpha value is -3.07. The molecule has 10 heteroatoms. The Morgan fingerprint density at radius 3 is 2.35 bits per heavy atom. The number of rotatable bonds is 8. The van der Waals surface area contributed by atoms with E-state index >= 15 is 0 Å². The van der Waals surface area contributed by atoms with Gasteiger partial charge in [-0.2, -0.15) is 0 Å². The van der Waals surface area contributed by atoms with Crippen LogP contribution in [-0.4, -0.2) is 31.0 Å². The number of hydrogen-bond acceptors (Lipinski definition) is 6. The zero-order valence-corrected chi connectivity index (χ0v) is 21.0. The van der Waals surface area contributed by atoms with Crippen molar-refractivity contribution in [2.24, 2.45) is 0 Å². The molecule has 34 heavy (non-hydrogen) atoms. The summed E-state index contributed by atoms with van der Waals surface area (Å²) in [5.74, 6) is -1.11. The first kappa shape index (κ1) is 25.6. The van der Waals surface area contributed by atoms with Crippen molar-refractivity contribution in [3.8, 4) is 5.75 Å². The first-order valence-electron chi connectivity index (χ1n) is 10.3. The van der Waals surface area contributed by atoms with Gasteiger partial charge in [-0.1, -0.05) is 29.3 Å². The van der Waals surface area contributed by atoms with Crippen molar-refractivity contribution in [2.45, 2.75) is 20.8 Å². The maximum Gasteiger partial charge on any atom is 0.341 e. The summed E-state index contributed by atoms with van der Waals surface area (Å²) in [7, 11) is 0. The number of amides is 2. The molecule has 3 rings (SSSR count). The van der Waals surface area contributed by atoms with Gasteiger partial charge in [-0.25, -0.2) is 4.79 Å². The van der Waals surface area contributed by atoms with Gasteiger partial charge in [0.1, 0.15) is 10.8 Å². The number of nitrogens with one attached hydrogen (secondary N) is 2. The molecule has 0 saturated heterocycles. The lowest BCUT2D eigenvalue weighted by atomic mass is 10.1. The van der Waals surface area contributed by atoms with Crippen molar-refractivity contribution in [3.05, 3.63) is 74.1 Å². The van der Waals surface area contributed by atoms with Gasteiger partial charge in [0.2, 0.25) is 0 Å². The Bertz CT molecular complexity index is 1220. The predicted molar refractivity (Wildman–Crippen MR) is 135 cm³/mol. The smallest absolute Gasteiger partial charge is 0.341 e. The van der Waals surface area contributed by atoms with Crippen molar-refractivity contribution >= 4 is 63.0 Å². The summed E-state index contributed by atoms with van der Waals surface area (Å²) in [5.41, 5.74) is 1.90. The van der Waals surface area contributed by atoms with E-state index in [4.69, 9.17) is 32.7 Å². The molecule has 0 aliphatic carbocycles. The molecule has 0 fully saturated rings. The second-order valence-electron chi connectivity index (χ2n) is 7.19. The molecule has 2 N–H and O–H groups in total. The van der Waals surface area contributed by atoms with Crippen molar-refractivity contribution in [2.75, 3.05) is 23.8 Å². The van der Waals surface area contributed by atoms with Gasteiger partial charge in [-0.15, -0.1) is 11.3 Å². The van der Waals surface area contributed by atoms with Crippen LogP contribution in [0, 0.1) is 13.8 Å². The molecule has 1 aromatic heterocycles. The van der Waals surface area contributed by atoms with E-state index in [-0.39, 0.29) is 28.7 Å². The van der Waals surface area contributed by atoms with Crippen LogP contribution in [-0.2, 0) is 9.53 Å². The number of aryl methyl sites for hydroxylation is 1. The Morgan fingerprint density at radius 2 is 1.71 bits per heavy atom. The highest BCUT2D eigenvalue weighted by Crippen LogP contribution is 2.34. The number of esters is 1. The van der Waals surface area contributed by atoms with E-state index in [0.29, 0.717) is 27.0 Å². The molecule has 2 amide bonds. The third-order valence-electron chi connectivity index (χ3n) is 4.70. The van der Waals surface area contributed by atoms with Gasteiger partial charge in [0.15, 0.2) is 6.61 Å². The molecular weight excluding hydrogens is 499 g/mol. The van der Waals surface area contributed by atoms with Crippen LogP contribution < -0.4 is 15.4 Å². The first-order chi connectivity index (χ1) is 16.2. The quantitative estimate of drug-likeness (QED) is 0.349. The van der Waals surface area contributed by atoms with Crippen LogP contribution in [0.2, 0.25) is 10.0 Å². The van der Waals surface area contributed by atoms with Crippen molar-refractivity contribution in [1.29, 1.82) is 0 Å². The molecule has 0 aliphatic heterocycles. The summed E-state index contributed by atoms with van der Waals surface area (Å²) >= 11 is 13.0. The van der Waals surface area contributed by atoms with E-state index in [2.05, 4.69) is 10.6 Å². The van der Waals surface area contributed by atoms with Gasteiger partial charge in [0, 0.05) is 15.7 Å². The molecule has 0 aliphatic rings. The average molecular weight is 521 g/mol. The van der Waals surface area contributed by atoms with Crippen LogP contribution in [0.25, 0.3) is 0 Å². The topological polar surface area (TPSA) is 93.7 Å². The van der Waals surface area contributed by atoms with Gasteiger partial charge < -0.3 is 20.1 Å². The average Bonchev–Trinajstić information content (AvgIpc) is 3.12. The van der Waals surface area contributed by atoms with E-state index < -0.39 is 17.8 Å². The van der Waals surface area contributed by atoms with Crippen molar-refractivity contribution in [3.63, 3.8) is 0 Å². The Morgan fingerprint density at radius 1 is 1.00 bits per heavy atom. The summed E-state index contributed by atoms with van der Waals surface area (Å²) in [6.45, 7) is 5.00. The number of halogens is 2. The van der Waals surface area contributed by atoms with Crippen LogP contribution >= 0.6 is 34.5 Å². The SMILES string of the molecule is CCOC(=O)c1c(NC(=O)COc2ccc(Cl)cc2)sc(C(=O)Nc2ccc(C)c(Cl)c2)c1C. The zero-order chi connectivity index (χ0) is 24.8. The van der Waals surface area contributed by atoms with E-state index in [0.717, 1.165) is 16.9 Å². The number of thiophene rings is 1. The monoisotopic (exact) mass is 520 g/mol. The fourth-order valence-corrected chi connectivity index (χ4v) is 4.38. The normalized spacial score (nSPS) is 10.5. The second kappa shape index (κ2) is 11.4. The fraction of sp³-hybridized carbons (Fsp3) is 0.208. The third-order valence-corrected chi connectivity index (χ3v) is 6.56. The van der Waals surface area contributed by atoms with E-state index in [1.165, 1.54) is 0 Å². The van der Waals surface area contributed by atoms with Gasteiger partial charge in [-0.3, -0.25) is 9.59 Å². The molecule has 7 nitrogen and oxygen atoms in total. The number of carbonyl (C=O) groups is 3. The molecule has 2 aromatic carbocycles. The van der Waals surface area contributed by atoms with E-state index in [1.54, 1.807) is 56.3 Å². The Balaban J connectivity index is 1.80. The molecule has 0 radical (unpaired) electrons. The number of anilines is 2. The Kier molecular flexibility index (Phi) is 8.55. The van der Waals surface area contributed by atoms with Crippen LogP contribution in [0.15, 0.2) is 42.5 Å². The number of hydrogen-bond donors (Lipinski definition) is 2. The van der Waals surface area contributed by atoms with Crippen molar-refractivity contribution < 1.29 is 23.9 Å². The minimum atomic E-state index is -0.636. The lowest BCUT2D eigenvalue weighted by Crippen LogP contribution is -2.21. The lowest BCUT2D eigenvalue weighted by Gasteiger charge is -2.08. The van der Waals surface area contributed by atoms with Gasteiger partial charge in [0.05, 0.1) is 17.0 Å². The molecule has 0 spiro atoms. The molecule has 0 bridgehead atoms. The molecule has 0 unspecified atom stereocenters. The van der Waals surface area contributed by atoms with Crippen LogP contribution in [0.5, 0.6) is 5.75 Å². The summed E-state index contributed by atoms with van der Waals surface area (Å²) in [4.78, 5) is 38.3. The van der Waals surface area contributed by atoms with Crippen LogP contribution in [0.3, 0.4) is 0 Å². The number of carbonyl (C=O) groups excluding carboxylic acids is 3. The summed E-state index contributed by atoms with van der Waals surface area (Å²) in [6.07, 6.45) is 0. The molecule has 3 aromatic rings. The third kappa shape index (κ3) is 6.28. The maximum atomic E-state index is 13.0. The highest BCUT2D eigenvalue weighted by molar-refractivity contribution is 7.19. The molecule has 178 valence electrons. The van der Waals surface area contributed by atoms with Gasteiger partial charge >= 0.3 is 5.97 Å². The minimum Gasteiger partial charge on any atom is -0.484 e. The number of ether oxygens (including phenoxy) is 2. The summed E-state index contributed by atoms with van der Waals surface area (Å²) in [6, 6.07) is 11.7. The standard InChI is InChI=1S/C24H22Cl2N2O5S/c1-4-32-24(31)20-14(3)21(22(30)27-16-8-5-13(2)18(26)11-16)34-23(20)28-19(29)12-33-17-9-6-15(25)7-10-17/h5-11H,4,12H2,1-3H3,(H,27,30)(H,28,29). The van der Waals surface area contributed by atoms with Gasteiger partial charge in [0.25, 0.3) is 11.8 Å². The number of benzene rings is 2. The first-order valence-corrected chi connectivity index (χ1v) is 11.8. The molecule has 0 saturated carbocycles. The summed E-state index contributed by atoms with van der Waals surface area (Å²) in [5, 5.41) is 6.69. The molecule has 1 heterocycles. The molecule has 0 atom stereocenters. The molecular formula is C24H22Cl2N2O5S. The highest BCUT2D eigenvalue weighted by Gasteiger charge is 2.27. The van der Waals surface area contributed by atoms with E-state index in [9.17, 15) is 14.4 Å². The largest absolute Gasteiger partial charge is 0.484 e. The minimum absolute atomic E-state index is 0.124. The fourth-order valence-electron chi connectivity index (χ4n) is 2.97. The zero-order valence-electron chi connectivity index (χ0n) is 18.7. The highest BCUT2D eigenvalue weighted by atomic mass is 35.5. The maximum absolute atomic E-state index is 13.0.